The molecule has 0 aromatic heterocycles. The maximum Gasteiger partial charge on any atom is 0.303 e. The second-order valence-electron chi connectivity index (χ2n) is 6.40. The Hall–Kier alpha value is -1.10. The number of carbonyl (C=O) groups is 2. The van der Waals surface area contributed by atoms with Gasteiger partial charge in [-0.15, -0.1) is 0 Å². The molecule has 1 fully saturated rings. The van der Waals surface area contributed by atoms with E-state index in [4.69, 9.17) is 10.2 Å². The van der Waals surface area contributed by atoms with E-state index >= 15 is 0 Å². The van der Waals surface area contributed by atoms with Crippen molar-refractivity contribution in [1.29, 1.82) is 0 Å². The van der Waals surface area contributed by atoms with Crippen molar-refractivity contribution < 1.29 is 19.8 Å². The van der Waals surface area contributed by atoms with E-state index in [1.54, 1.807) is 0 Å². The zero-order chi connectivity index (χ0) is 15.7. The van der Waals surface area contributed by atoms with Crippen molar-refractivity contribution >= 4 is 11.9 Å². The molecule has 5 nitrogen and oxygen atoms in total. The topological polar surface area (TPSA) is 86.6 Å². The molecule has 0 heterocycles. The molecule has 0 radical (unpaired) electrons. The van der Waals surface area contributed by atoms with Crippen LogP contribution in [0.3, 0.4) is 0 Å². The van der Waals surface area contributed by atoms with Gasteiger partial charge in [0.25, 0.3) is 0 Å². The first-order chi connectivity index (χ1) is 10.0. The zero-order valence-corrected chi connectivity index (χ0v) is 13.1. The van der Waals surface area contributed by atoms with Gasteiger partial charge in [-0.25, -0.2) is 0 Å². The Labute approximate surface area is 127 Å². The number of nitrogens with one attached hydrogen (secondary N) is 1. The first-order valence-electron chi connectivity index (χ1n) is 8.10. The van der Waals surface area contributed by atoms with Crippen LogP contribution in [0.2, 0.25) is 0 Å². The van der Waals surface area contributed by atoms with Crippen LogP contribution in [0.25, 0.3) is 0 Å². The average Bonchev–Trinajstić information content (AvgIpc) is 2.43. The molecule has 0 aromatic rings. The van der Waals surface area contributed by atoms with Crippen LogP contribution in [0, 0.1) is 11.3 Å². The third-order valence-electron chi connectivity index (χ3n) is 4.68. The number of carboxylic acids is 1. The van der Waals surface area contributed by atoms with E-state index in [1.165, 1.54) is 0 Å². The third-order valence-corrected chi connectivity index (χ3v) is 4.68. The fourth-order valence-electron chi connectivity index (χ4n) is 3.33. The molecular weight excluding hydrogens is 270 g/mol. The van der Waals surface area contributed by atoms with E-state index in [1.807, 2.05) is 6.92 Å². The van der Waals surface area contributed by atoms with Gasteiger partial charge >= 0.3 is 5.97 Å². The minimum atomic E-state index is -0.809. The normalized spacial score (nSPS) is 19.0. The highest BCUT2D eigenvalue weighted by molar-refractivity contribution is 5.78. The number of amides is 1. The fourth-order valence-corrected chi connectivity index (χ4v) is 3.33. The van der Waals surface area contributed by atoms with Gasteiger partial charge in [-0.2, -0.15) is 0 Å². The number of carboxylic acid groups (broad SMARTS) is 1. The molecule has 21 heavy (non-hydrogen) atoms. The van der Waals surface area contributed by atoms with Crippen LogP contribution in [0.5, 0.6) is 0 Å². The molecule has 1 aliphatic rings. The second kappa shape index (κ2) is 9.03. The average molecular weight is 299 g/mol. The van der Waals surface area contributed by atoms with Crippen LogP contribution in [-0.4, -0.2) is 35.2 Å². The van der Waals surface area contributed by atoms with E-state index < -0.39 is 5.97 Å². The Morgan fingerprint density at radius 1 is 1.19 bits per heavy atom. The van der Waals surface area contributed by atoms with Crippen LogP contribution >= 0.6 is 0 Å². The lowest BCUT2D eigenvalue weighted by atomic mass is 9.69. The monoisotopic (exact) mass is 299 g/mol. The Morgan fingerprint density at radius 3 is 2.38 bits per heavy atom. The highest BCUT2D eigenvalue weighted by Crippen LogP contribution is 2.42. The van der Waals surface area contributed by atoms with Gasteiger partial charge in [0, 0.05) is 19.6 Å². The van der Waals surface area contributed by atoms with Crippen LogP contribution in [0.15, 0.2) is 0 Å². The van der Waals surface area contributed by atoms with E-state index in [2.05, 4.69) is 5.32 Å². The summed E-state index contributed by atoms with van der Waals surface area (Å²) in [5.41, 5.74) is -0.354. The van der Waals surface area contributed by atoms with Crippen molar-refractivity contribution in [2.24, 2.45) is 11.3 Å². The van der Waals surface area contributed by atoms with Crippen molar-refractivity contribution in [3.63, 3.8) is 0 Å². The molecule has 1 unspecified atom stereocenters. The first kappa shape index (κ1) is 18.0. The van der Waals surface area contributed by atoms with Gasteiger partial charge in [0.1, 0.15) is 0 Å². The molecule has 1 atom stereocenters. The van der Waals surface area contributed by atoms with Gasteiger partial charge in [0.2, 0.25) is 5.91 Å². The molecular formula is C16H29NO4. The third kappa shape index (κ3) is 6.46. The largest absolute Gasteiger partial charge is 0.481 e. The molecule has 0 spiro atoms. The molecule has 1 saturated carbocycles. The number of aliphatic hydroxyl groups is 1. The Balaban J connectivity index is 2.50. The Morgan fingerprint density at radius 2 is 1.86 bits per heavy atom. The zero-order valence-electron chi connectivity index (χ0n) is 13.1. The number of aliphatic carboxylic acids is 1. The quantitative estimate of drug-likeness (QED) is 0.610. The Bertz CT molecular complexity index is 337. The van der Waals surface area contributed by atoms with E-state index in [9.17, 15) is 9.59 Å². The second-order valence-corrected chi connectivity index (χ2v) is 6.40. The first-order valence-corrected chi connectivity index (χ1v) is 8.10. The van der Waals surface area contributed by atoms with Crippen molar-refractivity contribution in [2.45, 2.75) is 64.7 Å². The summed E-state index contributed by atoms with van der Waals surface area (Å²) in [5.74, 6) is -0.563. The minimum absolute atomic E-state index is 0.0467. The smallest absolute Gasteiger partial charge is 0.303 e. The predicted molar refractivity (Wildman–Crippen MR) is 80.9 cm³/mol. The van der Waals surface area contributed by atoms with Crippen LogP contribution < -0.4 is 5.32 Å². The summed E-state index contributed by atoms with van der Waals surface area (Å²) in [6, 6.07) is 0. The number of hydrogen-bond donors (Lipinski definition) is 3. The van der Waals surface area contributed by atoms with Crippen molar-refractivity contribution in [2.75, 3.05) is 13.2 Å². The lowest BCUT2D eigenvalue weighted by Crippen LogP contribution is -2.37. The van der Waals surface area contributed by atoms with Crippen molar-refractivity contribution in [3.05, 3.63) is 0 Å². The molecule has 3 N–H and O–H groups in total. The van der Waals surface area contributed by atoms with E-state index in [0.29, 0.717) is 25.3 Å². The molecule has 0 bridgehead atoms. The summed E-state index contributed by atoms with van der Waals surface area (Å²) in [6.07, 6.45) is 6.85. The molecule has 5 heteroatoms. The highest BCUT2D eigenvalue weighted by Gasteiger charge is 2.36. The van der Waals surface area contributed by atoms with Gasteiger partial charge < -0.3 is 15.5 Å². The SMILES string of the molecule is CCC(CCO)CNC(=O)CC1(CC(=O)O)CCCCC1. The van der Waals surface area contributed by atoms with Gasteiger partial charge in [-0.05, 0) is 30.6 Å². The molecule has 1 amide bonds. The molecule has 0 aromatic carbocycles. The molecule has 0 saturated heterocycles. The molecule has 1 rings (SSSR count). The predicted octanol–water partition coefficient (Wildman–Crippen LogP) is 2.33. The standard InChI is InChI=1S/C16H29NO4/c1-2-13(6-9-18)12-17-14(19)10-16(11-15(20)21)7-4-3-5-8-16/h13,18H,2-12H2,1H3,(H,17,19)(H,20,21). The molecule has 1 aliphatic carbocycles. The van der Waals surface area contributed by atoms with Crippen LogP contribution in [0.4, 0.5) is 0 Å². The number of carbonyl (C=O) groups excluding carboxylic acids is 1. The summed E-state index contributed by atoms with van der Waals surface area (Å²) < 4.78 is 0. The van der Waals surface area contributed by atoms with Gasteiger partial charge in [-0.3, -0.25) is 9.59 Å². The maximum atomic E-state index is 12.2. The summed E-state index contributed by atoms with van der Waals surface area (Å²) >= 11 is 0. The van der Waals surface area contributed by atoms with E-state index in [-0.39, 0.29) is 24.3 Å². The van der Waals surface area contributed by atoms with Gasteiger partial charge in [0.05, 0.1) is 6.42 Å². The highest BCUT2D eigenvalue weighted by atomic mass is 16.4. The molecule has 122 valence electrons. The van der Waals surface area contributed by atoms with Gasteiger partial charge in [0.15, 0.2) is 0 Å². The minimum Gasteiger partial charge on any atom is -0.481 e. The Kier molecular flexibility index (Phi) is 7.72. The number of aliphatic hydroxyl groups excluding tert-OH is 1. The summed E-state index contributed by atoms with van der Waals surface area (Å²) in [4.78, 5) is 23.2. The fraction of sp³-hybridized carbons (Fsp3) is 0.875. The lowest BCUT2D eigenvalue weighted by molar-refractivity contribution is -0.141. The number of hydrogen-bond acceptors (Lipinski definition) is 3. The van der Waals surface area contributed by atoms with E-state index in [0.717, 1.165) is 38.5 Å². The van der Waals surface area contributed by atoms with Gasteiger partial charge in [-0.1, -0.05) is 32.6 Å². The number of rotatable bonds is 9. The summed E-state index contributed by atoms with van der Waals surface area (Å²) in [5, 5.41) is 21.0. The summed E-state index contributed by atoms with van der Waals surface area (Å²) in [7, 11) is 0. The summed E-state index contributed by atoms with van der Waals surface area (Å²) in [6.45, 7) is 2.75. The van der Waals surface area contributed by atoms with Crippen LogP contribution in [0.1, 0.15) is 64.7 Å². The van der Waals surface area contributed by atoms with Crippen LogP contribution in [-0.2, 0) is 9.59 Å². The van der Waals surface area contributed by atoms with Crippen molar-refractivity contribution in [1.82, 2.24) is 5.32 Å². The molecule has 0 aliphatic heterocycles. The van der Waals surface area contributed by atoms with Crippen molar-refractivity contribution in [3.8, 4) is 0 Å². The maximum absolute atomic E-state index is 12.2. The lowest BCUT2D eigenvalue weighted by Gasteiger charge is -2.35.